The third kappa shape index (κ3) is 3.50. The van der Waals surface area contributed by atoms with Crippen LogP contribution in [0.3, 0.4) is 0 Å². The summed E-state index contributed by atoms with van der Waals surface area (Å²) in [5, 5.41) is 10.3. The van der Waals surface area contributed by atoms with Crippen molar-refractivity contribution in [1.82, 2.24) is 14.8 Å². The van der Waals surface area contributed by atoms with Crippen LogP contribution in [0.25, 0.3) is 22.8 Å². The van der Waals surface area contributed by atoms with Crippen LogP contribution < -0.4 is 0 Å². The average molecular weight is 380 g/mol. The van der Waals surface area contributed by atoms with E-state index in [9.17, 15) is 0 Å². The van der Waals surface area contributed by atoms with Crippen LogP contribution >= 0.6 is 23.2 Å². The second-order valence-corrected chi connectivity index (χ2v) is 6.81. The minimum absolute atomic E-state index is 0.670. The van der Waals surface area contributed by atoms with Gasteiger partial charge in [0.2, 0.25) is 0 Å². The summed E-state index contributed by atoms with van der Waals surface area (Å²) in [7, 11) is 0. The van der Waals surface area contributed by atoms with Crippen molar-refractivity contribution in [3.63, 3.8) is 0 Å². The topological polar surface area (TPSA) is 30.7 Å². The lowest BCUT2D eigenvalue weighted by Gasteiger charge is -2.11. The van der Waals surface area contributed by atoms with E-state index in [1.165, 1.54) is 5.56 Å². The molecule has 0 spiro atoms. The van der Waals surface area contributed by atoms with Crippen molar-refractivity contribution in [3.8, 4) is 22.8 Å². The van der Waals surface area contributed by atoms with Crippen LogP contribution in [0.2, 0.25) is 10.0 Å². The molecule has 0 saturated carbocycles. The largest absolute Gasteiger partial charge is 0.303 e. The maximum atomic E-state index is 6.03. The first-order valence-corrected chi connectivity index (χ1v) is 8.95. The van der Waals surface area contributed by atoms with Crippen molar-refractivity contribution < 1.29 is 0 Å². The summed E-state index contributed by atoms with van der Waals surface area (Å²) in [6.07, 6.45) is 0. The summed E-state index contributed by atoms with van der Waals surface area (Å²) in [4.78, 5) is 0. The van der Waals surface area contributed by atoms with Gasteiger partial charge in [-0.05, 0) is 54.1 Å². The highest BCUT2D eigenvalue weighted by atomic mass is 35.5. The van der Waals surface area contributed by atoms with E-state index in [-0.39, 0.29) is 0 Å². The molecule has 0 aliphatic rings. The molecular weight excluding hydrogens is 365 g/mol. The van der Waals surface area contributed by atoms with Crippen molar-refractivity contribution in [2.75, 3.05) is 0 Å². The molecule has 0 unspecified atom stereocenters. The Morgan fingerprint density at radius 2 is 1.08 bits per heavy atom. The lowest BCUT2D eigenvalue weighted by Crippen LogP contribution is -2.04. The molecule has 0 aliphatic carbocycles. The van der Waals surface area contributed by atoms with Gasteiger partial charge < -0.3 is 4.57 Å². The van der Waals surface area contributed by atoms with E-state index in [0.717, 1.165) is 22.8 Å². The fourth-order valence-electron chi connectivity index (χ4n) is 2.84. The Hall–Kier alpha value is -2.62. The standard InChI is InChI=1S/C21H15Cl2N3/c22-18-10-6-16(7-11-18)20-24-25-21(17-8-12-19(23)13-9-17)26(20)14-15-4-2-1-3-5-15/h1-13H,14H2. The lowest BCUT2D eigenvalue weighted by molar-refractivity contribution is 0.812. The van der Waals surface area contributed by atoms with Crippen LogP contribution in [0.15, 0.2) is 78.9 Å². The molecular formula is C21H15Cl2N3. The van der Waals surface area contributed by atoms with E-state index in [0.29, 0.717) is 16.6 Å². The van der Waals surface area contributed by atoms with E-state index in [2.05, 4.69) is 26.9 Å². The highest BCUT2D eigenvalue weighted by molar-refractivity contribution is 6.30. The first-order chi connectivity index (χ1) is 12.7. The molecule has 0 atom stereocenters. The van der Waals surface area contributed by atoms with E-state index in [4.69, 9.17) is 23.2 Å². The van der Waals surface area contributed by atoms with Crippen LogP contribution in [0.5, 0.6) is 0 Å². The summed E-state index contributed by atoms with van der Waals surface area (Å²) in [6, 6.07) is 25.5. The number of hydrogen-bond donors (Lipinski definition) is 0. The number of aromatic nitrogens is 3. The molecule has 1 heterocycles. The SMILES string of the molecule is Clc1ccc(-c2nnc(-c3ccc(Cl)cc3)n2Cc2ccccc2)cc1. The number of halogens is 2. The van der Waals surface area contributed by atoms with Gasteiger partial charge in [-0.1, -0.05) is 53.5 Å². The molecule has 0 fully saturated rings. The number of hydrogen-bond acceptors (Lipinski definition) is 2. The van der Waals surface area contributed by atoms with Crippen LogP contribution in [0.4, 0.5) is 0 Å². The van der Waals surface area contributed by atoms with Crippen molar-refractivity contribution in [1.29, 1.82) is 0 Å². The highest BCUT2D eigenvalue weighted by Gasteiger charge is 2.16. The third-order valence-corrected chi connectivity index (χ3v) is 4.64. The number of rotatable bonds is 4. The first-order valence-electron chi connectivity index (χ1n) is 8.20. The first kappa shape index (κ1) is 16.8. The molecule has 4 aromatic rings. The van der Waals surface area contributed by atoms with Crippen molar-refractivity contribution in [2.45, 2.75) is 6.54 Å². The van der Waals surface area contributed by atoms with Gasteiger partial charge in [0, 0.05) is 21.2 Å². The van der Waals surface area contributed by atoms with Crippen molar-refractivity contribution in [3.05, 3.63) is 94.5 Å². The quantitative estimate of drug-likeness (QED) is 0.437. The van der Waals surface area contributed by atoms with Gasteiger partial charge in [-0.2, -0.15) is 0 Å². The fourth-order valence-corrected chi connectivity index (χ4v) is 3.10. The molecule has 0 N–H and O–H groups in total. The predicted molar refractivity (Wildman–Crippen MR) is 106 cm³/mol. The Bertz CT molecular complexity index is 945. The summed E-state index contributed by atoms with van der Waals surface area (Å²) < 4.78 is 2.11. The molecule has 3 nitrogen and oxygen atoms in total. The predicted octanol–water partition coefficient (Wildman–Crippen LogP) is 5.97. The van der Waals surface area contributed by atoms with E-state index < -0.39 is 0 Å². The molecule has 3 aromatic carbocycles. The van der Waals surface area contributed by atoms with Gasteiger partial charge in [0.15, 0.2) is 11.6 Å². The molecule has 128 valence electrons. The van der Waals surface area contributed by atoms with Gasteiger partial charge in [0.25, 0.3) is 0 Å². The maximum absolute atomic E-state index is 6.03. The Labute approximate surface area is 161 Å². The Kier molecular flexibility index (Phi) is 4.74. The van der Waals surface area contributed by atoms with Gasteiger partial charge in [0.05, 0.1) is 6.54 Å². The summed E-state index contributed by atoms with van der Waals surface area (Å²) in [5.74, 6) is 1.60. The fraction of sp³-hybridized carbons (Fsp3) is 0.0476. The van der Waals surface area contributed by atoms with Crippen LogP contribution in [0.1, 0.15) is 5.56 Å². The van der Waals surface area contributed by atoms with Gasteiger partial charge in [-0.15, -0.1) is 10.2 Å². The van der Waals surface area contributed by atoms with Crippen LogP contribution in [0, 0.1) is 0 Å². The Morgan fingerprint density at radius 3 is 1.54 bits per heavy atom. The zero-order chi connectivity index (χ0) is 17.9. The normalized spacial score (nSPS) is 10.8. The third-order valence-electron chi connectivity index (χ3n) is 4.14. The zero-order valence-corrected chi connectivity index (χ0v) is 15.3. The monoisotopic (exact) mass is 379 g/mol. The van der Waals surface area contributed by atoms with E-state index in [1.807, 2.05) is 66.7 Å². The molecule has 0 bridgehead atoms. The minimum Gasteiger partial charge on any atom is -0.303 e. The van der Waals surface area contributed by atoms with Crippen LogP contribution in [-0.2, 0) is 6.54 Å². The summed E-state index contributed by atoms with van der Waals surface area (Å²) in [5.41, 5.74) is 3.12. The Morgan fingerprint density at radius 1 is 0.615 bits per heavy atom. The number of benzene rings is 3. The molecule has 4 rings (SSSR count). The second kappa shape index (κ2) is 7.32. The molecule has 26 heavy (non-hydrogen) atoms. The van der Waals surface area contributed by atoms with Gasteiger partial charge in [0.1, 0.15) is 0 Å². The molecule has 1 aromatic heterocycles. The van der Waals surface area contributed by atoms with Crippen LogP contribution in [-0.4, -0.2) is 14.8 Å². The van der Waals surface area contributed by atoms with Gasteiger partial charge in [-0.3, -0.25) is 0 Å². The summed E-state index contributed by atoms with van der Waals surface area (Å²) in [6.45, 7) is 0.670. The molecule has 0 amide bonds. The molecule has 5 heteroatoms. The highest BCUT2D eigenvalue weighted by Crippen LogP contribution is 2.27. The van der Waals surface area contributed by atoms with Gasteiger partial charge in [-0.25, -0.2) is 0 Å². The van der Waals surface area contributed by atoms with Crippen molar-refractivity contribution in [2.24, 2.45) is 0 Å². The zero-order valence-electron chi connectivity index (χ0n) is 13.8. The van der Waals surface area contributed by atoms with Gasteiger partial charge >= 0.3 is 0 Å². The number of nitrogens with zero attached hydrogens (tertiary/aromatic N) is 3. The summed E-state index contributed by atoms with van der Waals surface area (Å²) >= 11 is 12.1. The van der Waals surface area contributed by atoms with Crippen molar-refractivity contribution >= 4 is 23.2 Å². The molecule has 0 aliphatic heterocycles. The Balaban J connectivity index is 1.83. The smallest absolute Gasteiger partial charge is 0.164 e. The maximum Gasteiger partial charge on any atom is 0.164 e. The van der Waals surface area contributed by atoms with E-state index >= 15 is 0 Å². The molecule has 0 radical (unpaired) electrons. The average Bonchev–Trinajstić information content (AvgIpc) is 3.07. The van der Waals surface area contributed by atoms with E-state index in [1.54, 1.807) is 0 Å². The molecule has 0 saturated heterocycles. The minimum atomic E-state index is 0.670. The lowest BCUT2D eigenvalue weighted by atomic mass is 10.1. The second-order valence-electron chi connectivity index (χ2n) is 5.93.